The largest absolute Gasteiger partial charge is 0.388 e. The van der Waals surface area contributed by atoms with Gasteiger partial charge in [-0.15, -0.1) is 0 Å². The van der Waals surface area contributed by atoms with Gasteiger partial charge in [0.1, 0.15) is 0 Å². The second-order valence-corrected chi connectivity index (χ2v) is 5.62. The first-order valence-corrected chi connectivity index (χ1v) is 6.95. The summed E-state index contributed by atoms with van der Waals surface area (Å²) in [5.41, 5.74) is 0.825. The minimum Gasteiger partial charge on any atom is -0.388 e. The number of nitrogens with zero attached hydrogens (tertiary/aromatic N) is 1. The van der Waals surface area contributed by atoms with Gasteiger partial charge in [0.15, 0.2) is 0 Å². The number of aliphatic hydroxyl groups is 1. The number of H-pyrrole nitrogens is 1. The maximum atomic E-state index is 12.0. The third-order valence-corrected chi connectivity index (χ3v) is 3.94. The van der Waals surface area contributed by atoms with Crippen LogP contribution in [0.3, 0.4) is 0 Å². The van der Waals surface area contributed by atoms with E-state index in [1.807, 2.05) is 0 Å². The Morgan fingerprint density at radius 3 is 2.65 bits per heavy atom. The van der Waals surface area contributed by atoms with Crippen molar-refractivity contribution in [1.29, 1.82) is 0 Å². The number of carbonyl (C=O) groups excluding carboxylic acids is 1. The number of aromatic nitrogens is 2. The molecule has 1 heterocycles. The Bertz CT molecular complexity index is 533. The quantitative estimate of drug-likeness (QED) is 0.741. The van der Waals surface area contributed by atoms with Crippen molar-refractivity contribution in [1.82, 2.24) is 15.3 Å². The average molecular weight is 279 g/mol. The van der Waals surface area contributed by atoms with Gasteiger partial charge in [-0.2, -0.15) is 4.98 Å². The summed E-state index contributed by atoms with van der Waals surface area (Å²) in [7, 11) is 0. The van der Waals surface area contributed by atoms with Crippen LogP contribution in [0, 0.1) is 13.8 Å². The molecule has 0 atom stereocenters. The molecule has 1 amide bonds. The molecule has 0 spiro atoms. The highest BCUT2D eigenvalue weighted by Gasteiger charge is 2.31. The zero-order valence-corrected chi connectivity index (χ0v) is 12.0. The first kappa shape index (κ1) is 14.7. The van der Waals surface area contributed by atoms with E-state index in [2.05, 4.69) is 15.3 Å². The van der Waals surface area contributed by atoms with Crippen LogP contribution in [0.25, 0.3) is 0 Å². The van der Waals surface area contributed by atoms with Crippen LogP contribution in [0.5, 0.6) is 0 Å². The Kier molecular flexibility index (Phi) is 4.23. The fourth-order valence-electron chi connectivity index (χ4n) is 2.71. The lowest BCUT2D eigenvalue weighted by Crippen LogP contribution is -2.41. The Labute approximate surface area is 117 Å². The standard InChI is InChI=1S/C14H21N3O3/c1-9-11(10(2)17-13(19)16-9)7-12(18)15-8-14(20)5-3-4-6-14/h20H,3-8H2,1-2H3,(H,15,18)(H,16,17,19). The third kappa shape index (κ3) is 3.45. The second kappa shape index (κ2) is 5.75. The first-order valence-electron chi connectivity index (χ1n) is 6.95. The zero-order valence-electron chi connectivity index (χ0n) is 12.0. The Hall–Kier alpha value is -1.69. The van der Waals surface area contributed by atoms with Crippen molar-refractivity contribution in [3.8, 4) is 0 Å². The lowest BCUT2D eigenvalue weighted by Gasteiger charge is -2.22. The summed E-state index contributed by atoms with van der Waals surface area (Å²) in [4.78, 5) is 29.5. The average Bonchev–Trinajstić information content (AvgIpc) is 2.79. The number of amides is 1. The molecule has 1 aromatic heterocycles. The van der Waals surface area contributed by atoms with Gasteiger partial charge in [0.25, 0.3) is 0 Å². The molecule has 3 N–H and O–H groups in total. The van der Waals surface area contributed by atoms with Crippen LogP contribution in [0.1, 0.15) is 42.6 Å². The van der Waals surface area contributed by atoms with Crippen molar-refractivity contribution >= 4 is 5.91 Å². The van der Waals surface area contributed by atoms with Gasteiger partial charge in [0.05, 0.1) is 12.0 Å². The lowest BCUT2D eigenvalue weighted by molar-refractivity contribution is -0.121. The molecule has 0 unspecified atom stereocenters. The molecular formula is C14H21N3O3. The van der Waals surface area contributed by atoms with Crippen LogP contribution >= 0.6 is 0 Å². The van der Waals surface area contributed by atoms with Crippen LogP contribution < -0.4 is 11.0 Å². The third-order valence-electron chi connectivity index (χ3n) is 3.94. The molecule has 6 heteroatoms. The van der Waals surface area contributed by atoms with E-state index in [1.54, 1.807) is 13.8 Å². The highest BCUT2D eigenvalue weighted by Crippen LogP contribution is 2.28. The zero-order chi connectivity index (χ0) is 14.8. The maximum Gasteiger partial charge on any atom is 0.345 e. The molecule has 1 fully saturated rings. The minimum absolute atomic E-state index is 0.162. The normalized spacial score (nSPS) is 17.1. The first-order chi connectivity index (χ1) is 9.39. The van der Waals surface area contributed by atoms with E-state index in [9.17, 15) is 14.7 Å². The summed E-state index contributed by atoms with van der Waals surface area (Å²) in [6.07, 6.45) is 3.66. The monoisotopic (exact) mass is 279 g/mol. The van der Waals surface area contributed by atoms with Crippen LogP contribution in [-0.4, -0.2) is 33.1 Å². The minimum atomic E-state index is -0.747. The van der Waals surface area contributed by atoms with Gasteiger partial charge in [0, 0.05) is 23.5 Å². The van der Waals surface area contributed by atoms with Gasteiger partial charge >= 0.3 is 5.69 Å². The van der Waals surface area contributed by atoms with Crippen LogP contribution in [-0.2, 0) is 11.2 Å². The molecule has 0 bridgehead atoms. The number of nitrogens with one attached hydrogen (secondary N) is 2. The number of rotatable bonds is 4. The van der Waals surface area contributed by atoms with E-state index in [4.69, 9.17) is 0 Å². The molecule has 1 saturated carbocycles. The Morgan fingerprint density at radius 2 is 2.05 bits per heavy atom. The summed E-state index contributed by atoms with van der Waals surface area (Å²) in [6.45, 7) is 3.76. The van der Waals surface area contributed by atoms with Crippen molar-refractivity contribution in [2.75, 3.05) is 6.54 Å². The lowest BCUT2D eigenvalue weighted by atomic mass is 10.0. The van der Waals surface area contributed by atoms with Crippen molar-refractivity contribution in [3.63, 3.8) is 0 Å². The molecule has 2 rings (SSSR count). The van der Waals surface area contributed by atoms with E-state index >= 15 is 0 Å². The summed E-state index contributed by atoms with van der Waals surface area (Å²) in [5.74, 6) is -0.162. The highest BCUT2D eigenvalue weighted by atomic mass is 16.3. The van der Waals surface area contributed by atoms with Gasteiger partial charge in [-0.25, -0.2) is 4.79 Å². The van der Waals surface area contributed by atoms with Gasteiger partial charge in [-0.1, -0.05) is 12.8 Å². The van der Waals surface area contributed by atoms with Crippen LogP contribution in [0.4, 0.5) is 0 Å². The molecule has 110 valence electrons. The van der Waals surface area contributed by atoms with Gasteiger partial charge in [0.2, 0.25) is 5.91 Å². The summed E-state index contributed by atoms with van der Waals surface area (Å²) in [6, 6.07) is 0. The van der Waals surface area contributed by atoms with Crippen molar-refractivity contribution in [2.24, 2.45) is 0 Å². The van der Waals surface area contributed by atoms with E-state index < -0.39 is 11.3 Å². The van der Waals surface area contributed by atoms with Gasteiger partial charge in [-0.05, 0) is 26.7 Å². The van der Waals surface area contributed by atoms with Crippen molar-refractivity contribution < 1.29 is 9.90 Å². The number of hydrogen-bond donors (Lipinski definition) is 3. The number of aryl methyl sites for hydroxylation is 2. The SMILES string of the molecule is Cc1nc(=O)[nH]c(C)c1CC(=O)NCC1(O)CCCC1. The van der Waals surface area contributed by atoms with E-state index in [0.29, 0.717) is 17.9 Å². The molecule has 1 aliphatic carbocycles. The second-order valence-electron chi connectivity index (χ2n) is 5.62. The molecule has 0 aromatic carbocycles. The fourth-order valence-corrected chi connectivity index (χ4v) is 2.71. The summed E-state index contributed by atoms with van der Waals surface area (Å²) >= 11 is 0. The fraction of sp³-hybridized carbons (Fsp3) is 0.643. The topological polar surface area (TPSA) is 95.1 Å². The molecule has 20 heavy (non-hydrogen) atoms. The predicted molar refractivity (Wildman–Crippen MR) is 74.5 cm³/mol. The smallest absolute Gasteiger partial charge is 0.345 e. The molecule has 0 aliphatic heterocycles. The van der Waals surface area contributed by atoms with Gasteiger partial charge in [-0.3, -0.25) is 4.79 Å². The molecule has 1 aliphatic rings. The summed E-state index contributed by atoms with van der Waals surface area (Å²) < 4.78 is 0. The highest BCUT2D eigenvalue weighted by molar-refractivity contribution is 5.79. The van der Waals surface area contributed by atoms with Gasteiger partial charge < -0.3 is 15.4 Å². The molecule has 0 saturated heterocycles. The van der Waals surface area contributed by atoms with Crippen molar-refractivity contribution in [3.05, 3.63) is 27.4 Å². The van der Waals surface area contributed by atoms with Crippen molar-refractivity contribution in [2.45, 2.75) is 51.6 Å². The number of carbonyl (C=O) groups is 1. The molecular weight excluding hydrogens is 258 g/mol. The van der Waals surface area contributed by atoms with E-state index in [0.717, 1.165) is 31.2 Å². The van der Waals surface area contributed by atoms with E-state index in [-0.39, 0.29) is 12.3 Å². The Morgan fingerprint density at radius 1 is 1.40 bits per heavy atom. The predicted octanol–water partition coefficient (Wildman–Crippen LogP) is 0.351. The summed E-state index contributed by atoms with van der Waals surface area (Å²) in [5, 5.41) is 13.0. The maximum absolute atomic E-state index is 12.0. The van der Waals surface area contributed by atoms with Crippen LogP contribution in [0.2, 0.25) is 0 Å². The molecule has 6 nitrogen and oxygen atoms in total. The number of hydrogen-bond acceptors (Lipinski definition) is 4. The Balaban J connectivity index is 1.96. The molecule has 0 radical (unpaired) electrons. The number of aromatic amines is 1. The van der Waals surface area contributed by atoms with E-state index in [1.165, 1.54) is 0 Å². The molecule has 1 aromatic rings. The van der Waals surface area contributed by atoms with Crippen LogP contribution in [0.15, 0.2) is 4.79 Å².